The zero-order valence-corrected chi connectivity index (χ0v) is 12.2. The van der Waals surface area contributed by atoms with Crippen LogP contribution in [0.15, 0.2) is 34.8 Å². The Morgan fingerprint density at radius 3 is 1.27 bits per heavy atom. The Hall–Kier alpha value is -4.50. The molecule has 2 heterocycles. The molecule has 0 saturated heterocycles. The number of nitrogens with zero attached hydrogens (tertiary/aromatic N) is 8. The lowest BCUT2D eigenvalue weighted by Gasteiger charge is -1.97. The van der Waals surface area contributed by atoms with Crippen molar-refractivity contribution >= 4 is 34.4 Å². The highest BCUT2D eigenvalue weighted by Gasteiger charge is 2.23. The molecule has 2 aromatic heterocycles. The van der Waals surface area contributed by atoms with E-state index in [2.05, 4.69) is 20.2 Å². The Balaban J connectivity index is 2.50. The summed E-state index contributed by atoms with van der Waals surface area (Å²) >= 11 is 0. The van der Waals surface area contributed by atoms with E-state index in [4.69, 9.17) is 0 Å². The molecule has 0 radical (unpaired) electrons. The third-order valence-corrected chi connectivity index (χ3v) is 2.72. The van der Waals surface area contributed by atoms with Gasteiger partial charge in [0.1, 0.15) is 12.4 Å². The van der Waals surface area contributed by atoms with E-state index in [9.17, 15) is 40.5 Å². The molecule has 0 atom stereocenters. The van der Waals surface area contributed by atoms with Crippen molar-refractivity contribution in [2.75, 3.05) is 0 Å². The Morgan fingerprint density at radius 2 is 1.00 bits per heavy atom. The second-order valence-electron chi connectivity index (χ2n) is 4.30. The average molecular weight is 364 g/mol. The zero-order valence-electron chi connectivity index (χ0n) is 12.2. The van der Waals surface area contributed by atoms with Crippen LogP contribution in [-0.4, -0.2) is 29.7 Å². The van der Waals surface area contributed by atoms with E-state index in [0.29, 0.717) is 24.5 Å². The molecule has 0 spiro atoms. The molecule has 0 aliphatic rings. The monoisotopic (exact) mass is 364 g/mol. The van der Waals surface area contributed by atoms with Crippen LogP contribution in [0.4, 0.5) is 34.4 Å². The fourth-order valence-corrected chi connectivity index (χ4v) is 1.59. The van der Waals surface area contributed by atoms with Gasteiger partial charge in [0, 0.05) is 0 Å². The first-order chi connectivity index (χ1) is 12.2. The summed E-state index contributed by atoms with van der Waals surface area (Å²) in [6.45, 7) is 0. The van der Waals surface area contributed by atoms with Crippen LogP contribution in [0.5, 0.6) is 0 Å². The highest BCUT2D eigenvalue weighted by Crippen LogP contribution is 2.32. The van der Waals surface area contributed by atoms with Crippen molar-refractivity contribution in [3.63, 3.8) is 0 Å². The van der Waals surface area contributed by atoms with E-state index < -0.39 is 54.1 Å². The maximum atomic E-state index is 10.9. The van der Waals surface area contributed by atoms with Gasteiger partial charge in [-0.15, -0.1) is 10.2 Å². The molecule has 2 rings (SSSR count). The number of nitro groups is 4. The first kappa shape index (κ1) is 17.8. The van der Waals surface area contributed by atoms with E-state index in [0.717, 1.165) is 0 Å². The van der Waals surface area contributed by atoms with Gasteiger partial charge in [-0.1, -0.05) is 0 Å². The molecule has 0 saturated carbocycles. The van der Waals surface area contributed by atoms with Gasteiger partial charge in [-0.2, -0.15) is 0 Å². The molecule has 0 unspecified atom stereocenters. The number of rotatable bonds is 6. The third kappa shape index (κ3) is 3.69. The molecule has 2 aromatic rings. The van der Waals surface area contributed by atoms with E-state index >= 15 is 0 Å². The molecule has 0 aromatic carbocycles. The van der Waals surface area contributed by atoms with Crippen LogP contribution in [0.2, 0.25) is 0 Å². The first-order valence-electron chi connectivity index (χ1n) is 6.20. The molecule has 16 nitrogen and oxygen atoms in total. The SMILES string of the molecule is O=[N+]([O-])c1cnc(/N=N/c2ncc([N+](=O)[O-])cc2[N+](=O)[O-])c([N+](=O)[O-])c1. The number of hydrogen-bond acceptors (Lipinski definition) is 12. The maximum absolute atomic E-state index is 10.9. The van der Waals surface area contributed by atoms with Gasteiger partial charge in [0.15, 0.2) is 0 Å². The number of azo groups is 1. The van der Waals surface area contributed by atoms with Gasteiger partial charge in [0.25, 0.3) is 23.0 Å². The van der Waals surface area contributed by atoms with Crippen LogP contribution >= 0.6 is 0 Å². The Kier molecular flexibility index (Phi) is 4.77. The van der Waals surface area contributed by atoms with Crippen molar-refractivity contribution in [2.45, 2.75) is 0 Å². The van der Waals surface area contributed by atoms with Crippen molar-refractivity contribution in [1.82, 2.24) is 9.97 Å². The Bertz CT molecular complexity index is 896. The topological polar surface area (TPSA) is 223 Å². The summed E-state index contributed by atoms with van der Waals surface area (Å²) in [5, 5.41) is 49.8. The van der Waals surface area contributed by atoms with Gasteiger partial charge in [0.2, 0.25) is 0 Å². The van der Waals surface area contributed by atoms with Crippen LogP contribution in [-0.2, 0) is 0 Å². The van der Waals surface area contributed by atoms with Crippen molar-refractivity contribution in [3.8, 4) is 0 Å². The zero-order chi connectivity index (χ0) is 19.4. The molecule has 0 bridgehead atoms. The van der Waals surface area contributed by atoms with E-state index in [1.807, 2.05) is 0 Å². The number of hydrogen-bond donors (Lipinski definition) is 0. The normalized spacial score (nSPS) is 10.6. The highest BCUT2D eigenvalue weighted by atomic mass is 16.6. The third-order valence-electron chi connectivity index (χ3n) is 2.72. The molecule has 0 N–H and O–H groups in total. The second kappa shape index (κ2) is 6.95. The molecule has 26 heavy (non-hydrogen) atoms. The summed E-state index contributed by atoms with van der Waals surface area (Å²) in [6, 6.07) is 1.16. The highest BCUT2D eigenvalue weighted by molar-refractivity contribution is 5.58. The first-order valence-corrected chi connectivity index (χ1v) is 6.20. The van der Waals surface area contributed by atoms with E-state index in [1.54, 1.807) is 0 Å². The molecule has 132 valence electrons. The molecule has 0 aliphatic carbocycles. The van der Waals surface area contributed by atoms with Gasteiger partial charge in [0.05, 0.1) is 31.8 Å². The smallest absolute Gasteiger partial charge is 0.258 e. The fourth-order valence-electron chi connectivity index (χ4n) is 1.59. The standard InChI is InChI=1S/C10H4N8O8/c19-15(20)5-1-7(17(23)24)9(11-3-5)13-14-10-8(18(25)26)2-6(4-12-10)16(21)22/h1-4H/b14-13+. The largest absolute Gasteiger partial charge is 0.322 e. The van der Waals surface area contributed by atoms with E-state index in [-0.39, 0.29) is 0 Å². The van der Waals surface area contributed by atoms with Gasteiger partial charge in [-0.3, -0.25) is 40.5 Å². The van der Waals surface area contributed by atoms with Crippen molar-refractivity contribution < 1.29 is 19.7 Å². The van der Waals surface area contributed by atoms with Crippen LogP contribution in [0.1, 0.15) is 0 Å². The van der Waals surface area contributed by atoms with Crippen LogP contribution in [0, 0.1) is 40.5 Å². The minimum atomic E-state index is -1.01. The number of pyridine rings is 2. The van der Waals surface area contributed by atoms with E-state index in [1.165, 1.54) is 0 Å². The average Bonchev–Trinajstić information content (AvgIpc) is 2.59. The summed E-state index contributed by atoms with van der Waals surface area (Å²) in [6.07, 6.45) is 1.36. The van der Waals surface area contributed by atoms with Crippen LogP contribution in [0.25, 0.3) is 0 Å². The van der Waals surface area contributed by atoms with Crippen molar-refractivity contribution in [2.24, 2.45) is 10.2 Å². The summed E-state index contributed by atoms with van der Waals surface area (Å²) in [5.41, 5.74) is -3.08. The summed E-state index contributed by atoms with van der Waals surface area (Å²) < 4.78 is 0. The summed E-state index contributed by atoms with van der Waals surface area (Å²) in [5.74, 6) is -1.34. The molecule has 0 fully saturated rings. The van der Waals surface area contributed by atoms with Crippen molar-refractivity contribution in [1.29, 1.82) is 0 Å². The van der Waals surface area contributed by atoms with Gasteiger partial charge in [-0.05, 0) is 0 Å². The lowest BCUT2D eigenvalue weighted by atomic mass is 10.3. The summed E-state index contributed by atoms with van der Waals surface area (Å²) in [4.78, 5) is 46.1. The minimum absolute atomic E-state index is 0.582. The van der Waals surface area contributed by atoms with Crippen molar-refractivity contribution in [3.05, 3.63) is 65.0 Å². The predicted molar refractivity (Wildman–Crippen MR) is 79.3 cm³/mol. The number of aromatic nitrogens is 2. The quantitative estimate of drug-likeness (QED) is 0.413. The second-order valence-corrected chi connectivity index (χ2v) is 4.30. The fraction of sp³-hybridized carbons (Fsp3) is 0. The Labute approximate surface area is 140 Å². The molecule has 0 amide bonds. The lowest BCUT2D eigenvalue weighted by Crippen LogP contribution is -1.95. The molecule has 0 aliphatic heterocycles. The molecule has 16 heteroatoms. The molecular weight excluding hydrogens is 360 g/mol. The van der Waals surface area contributed by atoms with Gasteiger partial charge >= 0.3 is 11.4 Å². The maximum Gasteiger partial charge on any atom is 0.322 e. The minimum Gasteiger partial charge on any atom is -0.258 e. The van der Waals surface area contributed by atoms with Gasteiger partial charge in [-0.25, -0.2) is 9.97 Å². The molecular formula is C10H4N8O8. The van der Waals surface area contributed by atoms with Crippen LogP contribution in [0.3, 0.4) is 0 Å². The summed E-state index contributed by atoms with van der Waals surface area (Å²) in [7, 11) is 0. The lowest BCUT2D eigenvalue weighted by molar-refractivity contribution is -0.394. The van der Waals surface area contributed by atoms with Gasteiger partial charge < -0.3 is 0 Å². The Morgan fingerprint density at radius 1 is 0.654 bits per heavy atom. The van der Waals surface area contributed by atoms with Crippen LogP contribution < -0.4 is 0 Å². The predicted octanol–water partition coefficient (Wildman–Crippen LogP) is 2.52.